The second kappa shape index (κ2) is 14.6. The smallest absolute Gasteiger partial charge is 0.300 e. The Morgan fingerprint density at radius 2 is 1.72 bits per heavy atom. The average molecular weight is 470 g/mol. The fraction of sp³-hybridized carbons (Fsp3) is 0.333. The number of hydrogen-bond acceptors (Lipinski definition) is 6. The van der Waals surface area contributed by atoms with Crippen LogP contribution < -0.4 is 21.2 Å². The van der Waals surface area contributed by atoms with Gasteiger partial charge in [-0.3, -0.25) is 19.2 Å². The maximum atomic E-state index is 12.4. The number of nitrogens with one attached hydrogen (secondary N) is 2. The maximum absolute atomic E-state index is 12.4. The van der Waals surface area contributed by atoms with Crippen molar-refractivity contribution in [3.05, 3.63) is 62.0 Å². The van der Waals surface area contributed by atoms with Crippen LogP contribution in [0, 0.1) is 13.8 Å². The molecule has 0 radical (unpaired) electrons. The number of nitrogens with two attached hydrogens (primary N) is 1. The first-order chi connectivity index (χ1) is 14.9. The van der Waals surface area contributed by atoms with Gasteiger partial charge in [-0.2, -0.15) is 0 Å². The highest BCUT2D eigenvalue weighted by atomic mass is 35.5. The molecule has 2 aromatic rings. The molecule has 0 aliphatic carbocycles. The molecule has 0 atom stereocenters. The zero-order valence-corrected chi connectivity index (χ0v) is 19.1. The molecule has 0 unspecified atom stereocenters. The van der Waals surface area contributed by atoms with Gasteiger partial charge < -0.3 is 31.0 Å². The van der Waals surface area contributed by atoms with Crippen LogP contribution in [0.15, 0.2) is 29.2 Å². The van der Waals surface area contributed by atoms with Gasteiger partial charge in [-0.1, -0.05) is 11.6 Å². The van der Waals surface area contributed by atoms with Crippen LogP contribution in [0.3, 0.4) is 0 Å². The minimum Gasteiger partial charge on any atom is -0.491 e. The Balaban J connectivity index is 0.00000104. The lowest BCUT2D eigenvalue weighted by Gasteiger charge is -2.12. The zero-order chi connectivity index (χ0) is 24.8. The summed E-state index contributed by atoms with van der Waals surface area (Å²) < 4.78 is 5.47. The number of hydrogen-bond donors (Lipinski definition) is 5. The van der Waals surface area contributed by atoms with E-state index in [1.807, 2.05) is 0 Å². The zero-order valence-electron chi connectivity index (χ0n) is 18.3. The number of rotatable bonds is 6. The standard InChI is InChI=1S/C17H20ClN3O3.2C2H4O2/c1-10-8-20-14(11(2)16(10)22)9-21-17(23)13-7-12(18)3-4-15(13)24-6-5-19;2*1-2(3)4/h3-4,7-8H,5-6,9,19H2,1-2H3,(H,20,22)(H,21,23);2*1H3,(H,3,4). The van der Waals surface area contributed by atoms with Crippen LogP contribution >= 0.6 is 11.6 Å². The minimum absolute atomic E-state index is 0.0345. The number of amides is 1. The number of pyridine rings is 1. The number of carbonyl (C=O) groups excluding carboxylic acids is 1. The number of aliphatic carboxylic acids is 2. The maximum Gasteiger partial charge on any atom is 0.300 e. The summed E-state index contributed by atoms with van der Waals surface area (Å²) in [5, 5.41) is 18.0. The van der Waals surface area contributed by atoms with Gasteiger partial charge in [-0.25, -0.2) is 0 Å². The monoisotopic (exact) mass is 469 g/mol. The molecule has 6 N–H and O–H groups in total. The molecule has 176 valence electrons. The Labute approximate surface area is 190 Å². The molecule has 10 nitrogen and oxygen atoms in total. The van der Waals surface area contributed by atoms with Gasteiger partial charge in [0, 0.05) is 48.4 Å². The van der Waals surface area contributed by atoms with Crippen molar-refractivity contribution in [3.8, 4) is 5.75 Å². The Bertz CT molecular complexity index is 970. The molecule has 0 fully saturated rings. The molecule has 1 amide bonds. The van der Waals surface area contributed by atoms with E-state index in [0.29, 0.717) is 46.3 Å². The van der Waals surface area contributed by atoms with E-state index in [9.17, 15) is 9.59 Å². The SMILES string of the molecule is CC(=O)O.CC(=O)O.Cc1c[nH]c(CNC(=O)c2cc(Cl)ccc2OCCN)c(C)c1=O. The van der Waals surface area contributed by atoms with Crippen molar-refractivity contribution in [1.29, 1.82) is 0 Å². The normalized spacial score (nSPS) is 9.44. The Kier molecular flexibility index (Phi) is 13.1. The van der Waals surface area contributed by atoms with Gasteiger partial charge in [-0.15, -0.1) is 0 Å². The summed E-state index contributed by atoms with van der Waals surface area (Å²) in [4.78, 5) is 45.4. The van der Waals surface area contributed by atoms with Crippen molar-refractivity contribution >= 4 is 29.4 Å². The highest BCUT2D eigenvalue weighted by Crippen LogP contribution is 2.23. The van der Waals surface area contributed by atoms with E-state index in [-0.39, 0.29) is 17.9 Å². The number of carboxylic acids is 2. The predicted octanol–water partition coefficient (Wildman–Crippen LogP) is 2.09. The third-order valence-electron chi connectivity index (χ3n) is 3.60. The Morgan fingerprint density at radius 1 is 1.16 bits per heavy atom. The summed E-state index contributed by atoms with van der Waals surface area (Å²) >= 11 is 5.97. The third-order valence-corrected chi connectivity index (χ3v) is 3.84. The van der Waals surface area contributed by atoms with E-state index in [0.717, 1.165) is 13.8 Å². The van der Waals surface area contributed by atoms with E-state index in [2.05, 4.69) is 10.3 Å². The summed E-state index contributed by atoms with van der Waals surface area (Å²) in [5.41, 5.74) is 7.59. The lowest BCUT2D eigenvalue weighted by atomic mass is 10.1. The molecule has 0 bridgehead atoms. The third kappa shape index (κ3) is 11.1. The van der Waals surface area contributed by atoms with Crippen molar-refractivity contribution in [2.45, 2.75) is 34.2 Å². The molecule has 2 rings (SSSR count). The molecule has 0 spiro atoms. The van der Waals surface area contributed by atoms with E-state index < -0.39 is 11.9 Å². The molecular weight excluding hydrogens is 442 g/mol. The number of aromatic amines is 1. The molecule has 32 heavy (non-hydrogen) atoms. The number of H-pyrrole nitrogens is 1. The summed E-state index contributed by atoms with van der Waals surface area (Å²) in [6.45, 7) is 6.46. The Hall–Kier alpha value is -3.37. The topological polar surface area (TPSA) is 172 Å². The van der Waals surface area contributed by atoms with Gasteiger partial charge >= 0.3 is 0 Å². The number of aryl methyl sites for hydroxylation is 1. The van der Waals surface area contributed by atoms with Gasteiger partial charge in [0.1, 0.15) is 12.4 Å². The van der Waals surface area contributed by atoms with Crippen LogP contribution in [0.25, 0.3) is 0 Å². The molecule has 0 aliphatic rings. The summed E-state index contributed by atoms with van der Waals surface area (Å²) in [7, 11) is 0. The molecule has 1 aromatic carbocycles. The predicted molar refractivity (Wildman–Crippen MR) is 120 cm³/mol. The van der Waals surface area contributed by atoms with Gasteiger partial charge in [0.25, 0.3) is 17.8 Å². The number of carbonyl (C=O) groups is 3. The van der Waals surface area contributed by atoms with E-state index in [4.69, 9.17) is 41.9 Å². The molecule has 11 heteroatoms. The summed E-state index contributed by atoms with van der Waals surface area (Å²) in [5.74, 6) is -1.60. The van der Waals surface area contributed by atoms with Crippen molar-refractivity contribution < 1.29 is 29.3 Å². The van der Waals surface area contributed by atoms with Gasteiger partial charge in [0.15, 0.2) is 5.43 Å². The molecule has 0 saturated heterocycles. The second-order valence-corrected chi connectivity index (χ2v) is 6.84. The van der Waals surface area contributed by atoms with Crippen LogP contribution in [0.5, 0.6) is 5.75 Å². The number of halogens is 1. The van der Waals surface area contributed by atoms with Crippen molar-refractivity contribution in [2.75, 3.05) is 13.2 Å². The lowest BCUT2D eigenvalue weighted by molar-refractivity contribution is -0.135. The van der Waals surface area contributed by atoms with Crippen molar-refractivity contribution in [3.63, 3.8) is 0 Å². The first kappa shape index (κ1) is 28.6. The lowest BCUT2D eigenvalue weighted by Crippen LogP contribution is -2.26. The molecule has 1 heterocycles. The number of carboxylic acid groups (broad SMARTS) is 2. The first-order valence-corrected chi connectivity index (χ1v) is 9.75. The molecule has 0 saturated carbocycles. The minimum atomic E-state index is -0.833. The largest absolute Gasteiger partial charge is 0.491 e. The van der Waals surface area contributed by atoms with Gasteiger partial charge in [-0.05, 0) is 32.0 Å². The summed E-state index contributed by atoms with van der Waals surface area (Å²) in [6, 6.07) is 4.81. The highest BCUT2D eigenvalue weighted by molar-refractivity contribution is 6.31. The average Bonchev–Trinajstić information content (AvgIpc) is 2.69. The highest BCUT2D eigenvalue weighted by Gasteiger charge is 2.14. The molecular formula is C21H28ClN3O7. The van der Waals surface area contributed by atoms with Crippen molar-refractivity contribution in [1.82, 2.24) is 10.3 Å². The molecule has 1 aromatic heterocycles. The van der Waals surface area contributed by atoms with E-state index >= 15 is 0 Å². The van der Waals surface area contributed by atoms with E-state index in [1.54, 1.807) is 32.2 Å². The number of benzene rings is 1. The number of ether oxygens (including phenoxy) is 1. The fourth-order valence-corrected chi connectivity index (χ4v) is 2.40. The van der Waals surface area contributed by atoms with Crippen LogP contribution in [0.1, 0.15) is 41.0 Å². The van der Waals surface area contributed by atoms with Crippen LogP contribution in [0.4, 0.5) is 0 Å². The van der Waals surface area contributed by atoms with Crippen molar-refractivity contribution in [2.24, 2.45) is 5.73 Å². The van der Waals surface area contributed by atoms with Gasteiger partial charge in [0.2, 0.25) is 0 Å². The summed E-state index contributed by atoms with van der Waals surface area (Å²) in [6.07, 6.45) is 1.63. The molecule has 0 aliphatic heterocycles. The van der Waals surface area contributed by atoms with E-state index in [1.165, 1.54) is 6.07 Å². The van der Waals surface area contributed by atoms with Crippen LogP contribution in [-0.2, 0) is 16.1 Å². The van der Waals surface area contributed by atoms with Crippen LogP contribution in [-0.4, -0.2) is 46.2 Å². The number of aromatic nitrogens is 1. The second-order valence-electron chi connectivity index (χ2n) is 6.40. The first-order valence-electron chi connectivity index (χ1n) is 9.38. The quantitative estimate of drug-likeness (QED) is 0.427. The Morgan fingerprint density at radius 3 is 2.25 bits per heavy atom. The fourth-order valence-electron chi connectivity index (χ4n) is 2.22. The van der Waals surface area contributed by atoms with Gasteiger partial charge in [0.05, 0.1) is 12.1 Å². The van der Waals surface area contributed by atoms with Crippen LogP contribution in [0.2, 0.25) is 5.02 Å².